The first-order valence-corrected chi connectivity index (χ1v) is 12.4. The van der Waals surface area contributed by atoms with E-state index in [4.69, 9.17) is 14.2 Å². The summed E-state index contributed by atoms with van der Waals surface area (Å²) in [6.07, 6.45) is 1.70. The highest BCUT2D eigenvalue weighted by atomic mass is 32.2. The van der Waals surface area contributed by atoms with Crippen LogP contribution in [-0.4, -0.2) is 65.6 Å². The van der Waals surface area contributed by atoms with Gasteiger partial charge in [-0.15, -0.1) is 10.2 Å². The molecule has 1 N–H and O–H groups in total. The van der Waals surface area contributed by atoms with Crippen LogP contribution < -0.4 is 14.4 Å². The molecule has 1 aliphatic rings. The average Bonchev–Trinajstić information content (AvgIpc) is 3.53. The smallest absolute Gasteiger partial charge is 0.232 e. The molecule has 1 atom stereocenters. The van der Waals surface area contributed by atoms with Gasteiger partial charge in [0.15, 0.2) is 16.7 Å². The van der Waals surface area contributed by atoms with E-state index in [0.29, 0.717) is 23.9 Å². The molecule has 1 aromatic heterocycles. The number of benzene rings is 2. The Morgan fingerprint density at radius 1 is 1.00 bits per heavy atom. The van der Waals surface area contributed by atoms with Crippen LogP contribution in [0.25, 0.3) is 5.69 Å². The number of hydrogen-bond acceptors (Lipinski definition) is 8. The number of nitrogens with zero attached hydrogens (tertiary/aromatic N) is 4. The molecule has 0 spiro atoms. The number of hydrogen-bond donors (Lipinski definition) is 1. The third kappa shape index (κ3) is 5.84. The van der Waals surface area contributed by atoms with Gasteiger partial charge in [-0.3, -0.25) is 4.57 Å². The molecular weight excluding hydrogens is 452 g/mol. The molecule has 182 valence electrons. The first-order chi connectivity index (χ1) is 16.6. The molecule has 2 aromatic carbocycles. The van der Waals surface area contributed by atoms with Gasteiger partial charge in [-0.25, -0.2) is 0 Å². The summed E-state index contributed by atoms with van der Waals surface area (Å²) in [6, 6.07) is 14.0. The van der Waals surface area contributed by atoms with Crippen molar-refractivity contribution in [2.24, 2.45) is 0 Å². The maximum absolute atomic E-state index is 10.5. The second kappa shape index (κ2) is 11.6. The van der Waals surface area contributed by atoms with E-state index in [2.05, 4.69) is 50.9 Å². The van der Waals surface area contributed by atoms with Gasteiger partial charge in [0.1, 0.15) is 0 Å². The molecule has 0 radical (unpaired) electrons. The predicted octanol–water partition coefficient (Wildman–Crippen LogP) is 3.86. The van der Waals surface area contributed by atoms with Crippen LogP contribution >= 0.6 is 11.8 Å². The van der Waals surface area contributed by atoms with Crippen molar-refractivity contribution in [3.8, 4) is 17.2 Å². The summed E-state index contributed by atoms with van der Waals surface area (Å²) in [4.78, 5) is 2.28. The van der Waals surface area contributed by atoms with Gasteiger partial charge in [0.2, 0.25) is 5.95 Å². The van der Waals surface area contributed by atoms with Gasteiger partial charge in [-0.2, -0.15) is 0 Å². The second-order valence-corrected chi connectivity index (χ2v) is 9.30. The monoisotopic (exact) mass is 484 g/mol. The van der Waals surface area contributed by atoms with Crippen LogP contribution in [-0.2, 0) is 11.3 Å². The lowest BCUT2D eigenvalue weighted by atomic mass is 10.2. The van der Waals surface area contributed by atoms with Gasteiger partial charge in [0, 0.05) is 18.8 Å². The van der Waals surface area contributed by atoms with Crippen molar-refractivity contribution in [3.05, 3.63) is 53.6 Å². The molecule has 1 aliphatic heterocycles. The molecular formula is C25H32N4O4S. The van der Waals surface area contributed by atoms with Gasteiger partial charge in [-0.1, -0.05) is 35.5 Å². The second-order valence-electron chi connectivity index (χ2n) is 8.32. The lowest BCUT2D eigenvalue weighted by Gasteiger charge is -2.19. The Balaban J connectivity index is 1.37. The lowest BCUT2D eigenvalue weighted by Crippen LogP contribution is -2.22. The Morgan fingerprint density at radius 3 is 2.44 bits per heavy atom. The summed E-state index contributed by atoms with van der Waals surface area (Å²) in [5.41, 5.74) is 3.18. The van der Waals surface area contributed by atoms with Crippen molar-refractivity contribution in [1.29, 1.82) is 0 Å². The number of anilines is 1. The van der Waals surface area contributed by atoms with Gasteiger partial charge >= 0.3 is 0 Å². The van der Waals surface area contributed by atoms with E-state index in [1.807, 2.05) is 18.2 Å². The minimum Gasteiger partial charge on any atom is -0.493 e. The zero-order valence-corrected chi connectivity index (χ0v) is 20.8. The van der Waals surface area contributed by atoms with Crippen LogP contribution in [0, 0.1) is 6.92 Å². The third-order valence-corrected chi connectivity index (χ3v) is 6.80. The number of methoxy groups -OCH3 is 2. The molecule has 1 saturated heterocycles. The van der Waals surface area contributed by atoms with Crippen molar-refractivity contribution in [2.75, 3.05) is 44.6 Å². The summed E-state index contributed by atoms with van der Waals surface area (Å²) < 4.78 is 18.4. The third-order valence-electron chi connectivity index (χ3n) is 5.73. The highest BCUT2D eigenvalue weighted by molar-refractivity contribution is 7.99. The number of ether oxygens (including phenoxy) is 3. The Bertz CT molecular complexity index is 1070. The maximum atomic E-state index is 10.5. The summed E-state index contributed by atoms with van der Waals surface area (Å²) in [6.45, 7) is 4.65. The molecule has 0 saturated carbocycles. The Kier molecular flexibility index (Phi) is 8.31. The van der Waals surface area contributed by atoms with Gasteiger partial charge < -0.3 is 24.2 Å². The molecule has 1 unspecified atom stereocenters. The first-order valence-electron chi connectivity index (χ1n) is 11.5. The number of rotatable bonds is 11. The predicted molar refractivity (Wildman–Crippen MR) is 133 cm³/mol. The normalized spacial score (nSPS) is 14.4. The number of thioether (sulfide) groups is 1. The fourth-order valence-corrected chi connectivity index (χ4v) is 4.75. The first kappa shape index (κ1) is 24.4. The van der Waals surface area contributed by atoms with Crippen molar-refractivity contribution in [3.63, 3.8) is 0 Å². The zero-order chi connectivity index (χ0) is 23.9. The largest absolute Gasteiger partial charge is 0.493 e. The van der Waals surface area contributed by atoms with Crippen LogP contribution in [0.1, 0.15) is 24.0 Å². The van der Waals surface area contributed by atoms with Gasteiger partial charge in [0.05, 0.1) is 39.2 Å². The molecule has 4 rings (SSSR count). The van der Waals surface area contributed by atoms with Crippen molar-refractivity contribution in [1.82, 2.24) is 14.8 Å². The number of aliphatic hydroxyl groups excluding tert-OH is 1. The molecule has 0 amide bonds. The highest BCUT2D eigenvalue weighted by Crippen LogP contribution is 2.30. The lowest BCUT2D eigenvalue weighted by molar-refractivity contribution is 0.0397. The number of aliphatic hydroxyl groups is 1. The van der Waals surface area contributed by atoms with E-state index >= 15 is 0 Å². The molecule has 0 bridgehead atoms. The van der Waals surface area contributed by atoms with Crippen LogP contribution in [0.15, 0.2) is 47.6 Å². The van der Waals surface area contributed by atoms with Crippen molar-refractivity contribution < 1.29 is 19.3 Å². The standard InChI is InChI=1S/C25H32N4O4S/c1-18-6-9-20(10-7-18)29-24(28-12-4-5-13-28)26-27-25(29)34-17-21(30)16-33-15-19-8-11-22(31-2)23(14-19)32-3/h6-11,14,21,30H,4-5,12-13,15-17H2,1-3H3. The SMILES string of the molecule is COc1ccc(COCC(O)CSc2nnc(N3CCCC3)n2-c2ccc(C)cc2)cc1OC. The van der Waals surface area contributed by atoms with Gasteiger partial charge in [0.25, 0.3) is 0 Å². The minimum atomic E-state index is -0.636. The Labute approximate surface area is 204 Å². The fraction of sp³-hybridized carbons (Fsp3) is 0.440. The van der Waals surface area contributed by atoms with Crippen LogP contribution in [0.5, 0.6) is 11.5 Å². The molecule has 2 heterocycles. The molecule has 34 heavy (non-hydrogen) atoms. The van der Waals surface area contributed by atoms with Crippen LogP contribution in [0.4, 0.5) is 5.95 Å². The number of aryl methyl sites for hydroxylation is 1. The molecule has 3 aromatic rings. The van der Waals surface area contributed by atoms with E-state index < -0.39 is 6.10 Å². The minimum absolute atomic E-state index is 0.221. The summed E-state index contributed by atoms with van der Waals surface area (Å²) in [7, 11) is 3.21. The Morgan fingerprint density at radius 2 is 1.74 bits per heavy atom. The van der Waals surface area contributed by atoms with Crippen LogP contribution in [0.3, 0.4) is 0 Å². The van der Waals surface area contributed by atoms with E-state index in [0.717, 1.165) is 35.4 Å². The Hall–Kier alpha value is -2.75. The molecule has 8 nitrogen and oxygen atoms in total. The van der Waals surface area contributed by atoms with Crippen molar-refractivity contribution >= 4 is 17.7 Å². The van der Waals surface area contributed by atoms with Crippen LogP contribution in [0.2, 0.25) is 0 Å². The van der Waals surface area contributed by atoms with E-state index in [9.17, 15) is 5.11 Å². The quantitative estimate of drug-likeness (QED) is 0.411. The summed E-state index contributed by atoms with van der Waals surface area (Å²) in [5.74, 6) is 2.65. The average molecular weight is 485 g/mol. The summed E-state index contributed by atoms with van der Waals surface area (Å²) >= 11 is 1.49. The number of aromatic nitrogens is 3. The molecule has 1 fully saturated rings. The van der Waals surface area contributed by atoms with E-state index in [1.54, 1.807) is 14.2 Å². The van der Waals surface area contributed by atoms with Crippen molar-refractivity contribution in [2.45, 2.75) is 37.6 Å². The topological polar surface area (TPSA) is 81.9 Å². The van der Waals surface area contributed by atoms with Gasteiger partial charge in [-0.05, 0) is 49.6 Å². The molecule has 0 aliphatic carbocycles. The van der Waals surface area contributed by atoms with E-state index in [-0.39, 0.29) is 6.61 Å². The fourth-order valence-electron chi connectivity index (χ4n) is 3.90. The van der Waals surface area contributed by atoms with E-state index in [1.165, 1.54) is 30.2 Å². The maximum Gasteiger partial charge on any atom is 0.232 e. The zero-order valence-electron chi connectivity index (χ0n) is 19.9. The summed E-state index contributed by atoms with van der Waals surface area (Å²) in [5, 5.41) is 20.2. The molecule has 9 heteroatoms. The highest BCUT2D eigenvalue weighted by Gasteiger charge is 2.23.